The molecule has 0 bridgehead atoms. The Balaban J connectivity index is 2.03. The maximum atomic E-state index is 10.1. The average molecular weight is 297 g/mol. The van der Waals surface area contributed by atoms with Crippen LogP contribution < -0.4 is 5.32 Å². The van der Waals surface area contributed by atoms with Crippen molar-refractivity contribution in [1.82, 2.24) is 4.98 Å². The molecule has 0 saturated carbocycles. The first-order chi connectivity index (χ1) is 9.04. The van der Waals surface area contributed by atoms with Gasteiger partial charge in [0, 0.05) is 22.3 Å². The molecular formula is C14H14Cl2N2O. The highest BCUT2D eigenvalue weighted by Gasteiger charge is 2.09. The molecule has 3 nitrogen and oxygen atoms in total. The maximum Gasteiger partial charge on any atom is 0.126 e. The van der Waals surface area contributed by atoms with E-state index in [2.05, 4.69) is 10.3 Å². The van der Waals surface area contributed by atoms with Gasteiger partial charge in [0.25, 0.3) is 0 Å². The number of hydrogen-bond acceptors (Lipinski definition) is 3. The second kappa shape index (κ2) is 6.24. The SMILES string of the molecule is Cc1cccc(NCC(O)c2cc(Cl)cc(Cl)c2)n1. The Morgan fingerprint density at radius 1 is 1.21 bits per heavy atom. The van der Waals surface area contributed by atoms with Crippen LogP contribution in [0.25, 0.3) is 0 Å². The van der Waals surface area contributed by atoms with Gasteiger partial charge in [0.2, 0.25) is 0 Å². The highest BCUT2D eigenvalue weighted by atomic mass is 35.5. The van der Waals surface area contributed by atoms with Gasteiger partial charge in [0.15, 0.2) is 0 Å². The molecule has 5 heteroatoms. The molecule has 100 valence electrons. The van der Waals surface area contributed by atoms with Crippen molar-refractivity contribution in [2.24, 2.45) is 0 Å². The summed E-state index contributed by atoms with van der Waals surface area (Å²) in [6.45, 7) is 2.26. The fourth-order valence-electron chi connectivity index (χ4n) is 1.73. The van der Waals surface area contributed by atoms with Crippen molar-refractivity contribution in [3.63, 3.8) is 0 Å². The van der Waals surface area contributed by atoms with Crippen molar-refractivity contribution >= 4 is 29.0 Å². The van der Waals surface area contributed by atoms with E-state index in [4.69, 9.17) is 23.2 Å². The fourth-order valence-corrected chi connectivity index (χ4v) is 2.27. The number of aliphatic hydroxyl groups is 1. The van der Waals surface area contributed by atoms with Crippen molar-refractivity contribution in [1.29, 1.82) is 0 Å². The third-order valence-corrected chi connectivity index (χ3v) is 3.07. The molecule has 1 atom stereocenters. The van der Waals surface area contributed by atoms with E-state index in [1.54, 1.807) is 18.2 Å². The number of anilines is 1. The van der Waals surface area contributed by atoms with Gasteiger partial charge in [0.05, 0.1) is 6.10 Å². The zero-order valence-corrected chi connectivity index (χ0v) is 11.9. The third kappa shape index (κ3) is 4.10. The molecule has 1 aromatic carbocycles. The number of hydrogen-bond donors (Lipinski definition) is 2. The lowest BCUT2D eigenvalue weighted by Gasteiger charge is -2.13. The Hall–Kier alpha value is -1.29. The first kappa shape index (κ1) is 14.1. The molecule has 2 rings (SSSR count). The quantitative estimate of drug-likeness (QED) is 0.901. The molecule has 0 amide bonds. The smallest absolute Gasteiger partial charge is 0.126 e. The topological polar surface area (TPSA) is 45.1 Å². The van der Waals surface area contributed by atoms with E-state index in [0.29, 0.717) is 22.2 Å². The number of benzene rings is 1. The summed E-state index contributed by atoms with van der Waals surface area (Å²) in [6.07, 6.45) is -0.696. The minimum Gasteiger partial charge on any atom is -0.387 e. The average Bonchev–Trinajstić information content (AvgIpc) is 2.35. The van der Waals surface area contributed by atoms with E-state index in [-0.39, 0.29) is 0 Å². The van der Waals surface area contributed by atoms with E-state index in [9.17, 15) is 5.11 Å². The van der Waals surface area contributed by atoms with Gasteiger partial charge in [0.1, 0.15) is 5.82 Å². The van der Waals surface area contributed by atoms with Crippen molar-refractivity contribution in [3.05, 3.63) is 57.7 Å². The first-order valence-electron chi connectivity index (χ1n) is 5.86. The standard InChI is InChI=1S/C14H14Cl2N2O/c1-9-3-2-4-14(18-9)17-8-13(19)10-5-11(15)7-12(16)6-10/h2-7,13,19H,8H2,1H3,(H,17,18). The van der Waals surface area contributed by atoms with Crippen LogP contribution in [0.15, 0.2) is 36.4 Å². The molecule has 2 N–H and O–H groups in total. The van der Waals surface area contributed by atoms with Crippen LogP contribution in [0.3, 0.4) is 0 Å². The molecule has 0 fully saturated rings. The third-order valence-electron chi connectivity index (χ3n) is 2.63. The van der Waals surface area contributed by atoms with Crippen LogP contribution in [0.1, 0.15) is 17.4 Å². The Morgan fingerprint density at radius 3 is 2.53 bits per heavy atom. The van der Waals surface area contributed by atoms with Crippen LogP contribution >= 0.6 is 23.2 Å². The zero-order valence-electron chi connectivity index (χ0n) is 10.4. The molecule has 0 aliphatic rings. The minimum absolute atomic E-state index is 0.340. The monoisotopic (exact) mass is 296 g/mol. The van der Waals surface area contributed by atoms with Gasteiger partial charge < -0.3 is 10.4 Å². The van der Waals surface area contributed by atoms with Gasteiger partial charge >= 0.3 is 0 Å². The van der Waals surface area contributed by atoms with E-state index in [1.807, 2.05) is 25.1 Å². The number of halogens is 2. The van der Waals surface area contributed by atoms with Crippen molar-refractivity contribution in [2.45, 2.75) is 13.0 Å². The summed E-state index contributed by atoms with van der Waals surface area (Å²) in [5, 5.41) is 14.2. The summed E-state index contributed by atoms with van der Waals surface area (Å²) in [6, 6.07) is 10.7. The summed E-state index contributed by atoms with van der Waals surface area (Å²) in [5.41, 5.74) is 1.60. The normalized spacial score (nSPS) is 12.2. The lowest BCUT2D eigenvalue weighted by Crippen LogP contribution is -2.13. The second-order valence-corrected chi connectivity index (χ2v) is 5.14. The lowest BCUT2D eigenvalue weighted by atomic mass is 10.1. The summed E-state index contributed by atoms with van der Waals surface area (Å²) in [4.78, 5) is 4.30. The van der Waals surface area contributed by atoms with Crippen molar-refractivity contribution in [3.8, 4) is 0 Å². The van der Waals surface area contributed by atoms with Gasteiger partial charge in [-0.3, -0.25) is 0 Å². The number of rotatable bonds is 4. The number of aliphatic hydroxyl groups excluding tert-OH is 1. The highest BCUT2D eigenvalue weighted by molar-refractivity contribution is 6.34. The summed E-state index contributed by atoms with van der Waals surface area (Å²) in [5.74, 6) is 0.729. The van der Waals surface area contributed by atoms with Gasteiger partial charge in [-0.1, -0.05) is 29.3 Å². The number of pyridine rings is 1. The van der Waals surface area contributed by atoms with Gasteiger partial charge in [-0.2, -0.15) is 0 Å². The van der Waals surface area contributed by atoms with E-state index in [1.165, 1.54) is 0 Å². The largest absolute Gasteiger partial charge is 0.387 e. The Bertz CT molecular complexity index is 555. The van der Waals surface area contributed by atoms with Crippen LogP contribution in [0, 0.1) is 6.92 Å². The zero-order chi connectivity index (χ0) is 13.8. The molecule has 1 unspecified atom stereocenters. The van der Waals surface area contributed by atoms with Gasteiger partial charge in [-0.05, 0) is 42.8 Å². The maximum absolute atomic E-state index is 10.1. The van der Waals surface area contributed by atoms with Crippen LogP contribution in [-0.4, -0.2) is 16.6 Å². The predicted octanol–water partition coefficient (Wildman–Crippen LogP) is 3.84. The van der Waals surface area contributed by atoms with Gasteiger partial charge in [-0.15, -0.1) is 0 Å². The van der Waals surface area contributed by atoms with Gasteiger partial charge in [-0.25, -0.2) is 4.98 Å². The molecule has 19 heavy (non-hydrogen) atoms. The molecule has 2 aromatic rings. The predicted molar refractivity (Wildman–Crippen MR) is 78.9 cm³/mol. The van der Waals surface area contributed by atoms with Crippen molar-refractivity contribution in [2.75, 3.05) is 11.9 Å². The Morgan fingerprint density at radius 2 is 1.89 bits per heavy atom. The summed E-state index contributed by atoms with van der Waals surface area (Å²) in [7, 11) is 0. The molecule has 0 aliphatic carbocycles. The summed E-state index contributed by atoms with van der Waals surface area (Å²) >= 11 is 11.8. The number of nitrogens with one attached hydrogen (secondary N) is 1. The highest BCUT2D eigenvalue weighted by Crippen LogP contribution is 2.23. The van der Waals surface area contributed by atoms with Crippen LogP contribution in [-0.2, 0) is 0 Å². The fraction of sp³-hybridized carbons (Fsp3) is 0.214. The van der Waals surface area contributed by atoms with Crippen LogP contribution in [0.4, 0.5) is 5.82 Å². The van der Waals surface area contributed by atoms with Crippen LogP contribution in [0.2, 0.25) is 10.0 Å². The van der Waals surface area contributed by atoms with Crippen LogP contribution in [0.5, 0.6) is 0 Å². The van der Waals surface area contributed by atoms with E-state index < -0.39 is 6.10 Å². The van der Waals surface area contributed by atoms with E-state index >= 15 is 0 Å². The summed E-state index contributed by atoms with van der Waals surface area (Å²) < 4.78 is 0. The lowest BCUT2D eigenvalue weighted by molar-refractivity contribution is 0.191. The number of aromatic nitrogens is 1. The number of nitrogens with zero attached hydrogens (tertiary/aromatic N) is 1. The molecular weight excluding hydrogens is 283 g/mol. The Kier molecular flexibility index (Phi) is 4.64. The molecule has 1 aromatic heterocycles. The van der Waals surface area contributed by atoms with E-state index in [0.717, 1.165) is 11.5 Å². The molecule has 0 spiro atoms. The Labute approximate surface area is 122 Å². The number of aryl methyl sites for hydroxylation is 1. The van der Waals surface area contributed by atoms with Crippen molar-refractivity contribution < 1.29 is 5.11 Å². The first-order valence-corrected chi connectivity index (χ1v) is 6.62. The molecule has 0 saturated heterocycles. The molecule has 0 aliphatic heterocycles. The second-order valence-electron chi connectivity index (χ2n) is 4.26. The minimum atomic E-state index is -0.696. The molecule has 0 radical (unpaired) electrons. The molecule has 1 heterocycles.